The number of fused-ring (bicyclic) bond motifs is 5. The summed E-state index contributed by atoms with van der Waals surface area (Å²) in [5.41, 5.74) is 2.69. The number of ether oxygens (including phenoxy) is 1. The monoisotopic (exact) mass is 218 g/mol. The van der Waals surface area contributed by atoms with E-state index < -0.39 is 0 Å². The van der Waals surface area contributed by atoms with Crippen molar-refractivity contribution in [2.75, 3.05) is 0 Å². The molecular weight excluding hydrogens is 200 g/mol. The van der Waals surface area contributed by atoms with Crippen LogP contribution in [-0.2, 0) is 9.53 Å². The standard InChI is InChI=1S/C14H18O2/c1-7-4-5-10-12-6-11(13(7)10)8(2)14(12)16-9(3)15/h4,10-14H,2,5-6H2,1,3H3. The number of allylic oxidation sites excluding steroid dienone is 2. The van der Waals surface area contributed by atoms with Crippen molar-refractivity contribution in [3.8, 4) is 0 Å². The van der Waals surface area contributed by atoms with Crippen molar-refractivity contribution in [1.29, 1.82) is 0 Å². The van der Waals surface area contributed by atoms with Gasteiger partial charge in [0.15, 0.2) is 0 Å². The van der Waals surface area contributed by atoms with Crippen LogP contribution in [0.25, 0.3) is 0 Å². The Hall–Kier alpha value is -1.05. The number of carbonyl (C=O) groups excluding carboxylic acids is 1. The van der Waals surface area contributed by atoms with E-state index in [0.717, 1.165) is 5.57 Å². The predicted octanol–water partition coefficient (Wildman–Crippen LogP) is 2.71. The highest BCUT2D eigenvalue weighted by Gasteiger charge is 2.57. The molecule has 5 atom stereocenters. The van der Waals surface area contributed by atoms with Crippen LogP contribution in [0.3, 0.4) is 0 Å². The lowest BCUT2D eigenvalue weighted by atomic mass is 9.75. The fourth-order valence-electron chi connectivity index (χ4n) is 4.17. The first-order valence-electron chi connectivity index (χ1n) is 6.12. The van der Waals surface area contributed by atoms with E-state index in [-0.39, 0.29) is 12.1 Å². The SMILES string of the molecule is C=C1C2CC(C1OC(C)=O)C1CC=C(C)C21. The molecule has 0 N–H and O–H groups in total. The van der Waals surface area contributed by atoms with Crippen molar-refractivity contribution in [2.24, 2.45) is 23.7 Å². The van der Waals surface area contributed by atoms with Gasteiger partial charge in [0.1, 0.15) is 6.10 Å². The average Bonchev–Trinajstić information content (AvgIpc) is 2.82. The Morgan fingerprint density at radius 2 is 2.25 bits per heavy atom. The van der Waals surface area contributed by atoms with Crippen LogP contribution < -0.4 is 0 Å². The summed E-state index contributed by atoms with van der Waals surface area (Å²) in [6, 6.07) is 0. The molecular formula is C14H18O2. The van der Waals surface area contributed by atoms with Gasteiger partial charge < -0.3 is 4.74 Å². The van der Waals surface area contributed by atoms with Crippen molar-refractivity contribution in [2.45, 2.75) is 32.8 Å². The normalized spacial score (nSPS) is 44.5. The first-order chi connectivity index (χ1) is 7.59. The van der Waals surface area contributed by atoms with Crippen molar-refractivity contribution < 1.29 is 9.53 Å². The first kappa shape index (κ1) is 10.1. The minimum absolute atomic E-state index is 0.00282. The highest BCUT2D eigenvalue weighted by atomic mass is 16.5. The zero-order valence-corrected chi connectivity index (χ0v) is 9.90. The van der Waals surface area contributed by atoms with Crippen LogP contribution in [0.15, 0.2) is 23.8 Å². The van der Waals surface area contributed by atoms with Crippen molar-refractivity contribution in [3.63, 3.8) is 0 Å². The summed E-state index contributed by atoms with van der Waals surface area (Å²) >= 11 is 0. The molecule has 0 saturated heterocycles. The van der Waals surface area contributed by atoms with Gasteiger partial charge in [-0.3, -0.25) is 4.79 Å². The van der Waals surface area contributed by atoms with Crippen LogP contribution >= 0.6 is 0 Å². The van der Waals surface area contributed by atoms with Crippen molar-refractivity contribution >= 4 is 5.97 Å². The molecule has 0 aromatic heterocycles. The largest absolute Gasteiger partial charge is 0.458 e. The Bertz CT molecular complexity index is 394. The fourth-order valence-corrected chi connectivity index (χ4v) is 4.17. The lowest BCUT2D eigenvalue weighted by molar-refractivity contribution is -0.147. The van der Waals surface area contributed by atoms with Gasteiger partial charge in [0.05, 0.1) is 0 Å². The zero-order chi connectivity index (χ0) is 11.4. The molecule has 0 amide bonds. The van der Waals surface area contributed by atoms with E-state index in [9.17, 15) is 4.79 Å². The van der Waals surface area contributed by atoms with Gasteiger partial charge in [-0.05, 0) is 43.1 Å². The van der Waals surface area contributed by atoms with Gasteiger partial charge >= 0.3 is 5.97 Å². The molecule has 0 aliphatic heterocycles. The zero-order valence-electron chi connectivity index (χ0n) is 9.90. The molecule has 86 valence electrons. The van der Waals surface area contributed by atoms with Gasteiger partial charge in [-0.2, -0.15) is 0 Å². The summed E-state index contributed by atoms with van der Waals surface area (Å²) in [4.78, 5) is 11.1. The number of esters is 1. The molecule has 2 heteroatoms. The molecule has 2 fully saturated rings. The topological polar surface area (TPSA) is 26.3 Å². The quantitative estimate of drug-likeness (QED) is 0.499. The molecule has 16 heavy (non-hydrogen) atoms. The lowest BCUT2D eigenvalue weighted by Crippen LogP contribution is -2.34. The van der Waals surface area contributed by atoms with Crippen LogP contribution in [0.2, 0.25) is 0 Å². The third kappa shape index (κ3) is 1.16. The molecule has 3 rings (SSSR count). The molecule has 0 radical (unpaired) electrons. The van der Waals surface area contributed by atoms with Crippen LogP contribution in [0.5, 0.6) is 0 Å². The van der Waals surface area contributed by atoms with Crippen molar-refractivity contribution in [1.82, 2.24) is 0 Å². The maximum absolute atomic E-state index is 11.1. The van der Waals surface area contributed by atoms with Crippen LogP contribution in [0, 0.1) is 23.7 Å². The third-order valence-corrected chi connectivity index (χ3v) is 4.73. The molecule has 5 unspecified atom stereocenters. The van der Waals surface area contributed by atoms with E-state index in [2.05, 4.69) is 19.6 Å². The minimum Gasteiger partial charge on any atom is -0.458 e. The second-order valence-electron chi connectivity index (χ2n) is 5.48. The van der Waals surface area contributed by atoms with Gasteiger partial charge in [0.2, 0.25) is 0 Å². The Morgan fingerprint density at radius 3 is 2.94 bits per heavy atom. The van der Waals surface area contributed by atoms with E-state index >= 15 is 0 Å². The lowest BCUT2D eigenvalue weighted by Gasteiger charge is -2.33. The van der Waals surface area contributed by atoms with Crippen molar-refractivity contribution in [3.05, 3.63) is 23.8 Å². The summed E-state index contributed by atoms with van der Waals surface area (Å²) in [5.74, 6) is 2.33. The third-order valence-electron chi connectivity index (χ3n) is 4.73. The van der Waals surface area contributed by atoms with Crippen LogP contribution in [0.4, 0.5) is 0 Å². The smallest absolute Gasteiger partial charge is 0.303 e. The van der Waals surface area contributed by atoms with E-state index in [1.54, 1.807) is 0 Å². The van der Waals surface area contributed by atoms with E-state index in [1.165, 1.54) is 25.3 Å². The molecule has 3 aliphatic rings. The van der Waals surface area contributed by atoms with Gasteiger partial charge in [0, 0.05) is 12.8 Å². The van der Waals surface area contributed by atoms with E-state index in [0.29, 0.717) is 23.7 Å². The number of rotatable bonds is 1. The second-order valence-corrected chi connectivity index (χ2v) is 5.48. The predicted molar refractivity (Wildman–Crippen MR) is 61.6 cm³/mol. The van der Waals surface area contributed by atoms with Crippen LogP contribution in [-0.4, -0.2) is 12.1 Å². The number of carbonyl (C=O) groups is 1. The Labute approximate surface area is 96.4 Å². The molecule has 2 nitrogen and oxygen atoms in total. The Kier molecular flexibility index (Phi) is 2.04. The summed E-state index contributed by atoms with van der Waals surface area (Å²) in [6.45, 7) is 7.89. The minimum atomic E-state index is -0.169. The van der Waals surface area contributed by atoms with Gasteiger partial charge in [-0.25, -0.2) is 0 Å². The second kappa shape index (κ2) is 3.22. The highest BCUT2D eigenvalue weighted by Crippen LogP contribution is 2.61. The van der Waals surface area contributed by atoms with Crippen LogP contribution in [0.1, 0.15) is 26.7 Å². The molecule has 2 bridgehead atoms. The Balaban J connectivity index is 1.86. The molecule has 0 spiro atoms. The fraction of sp³-hybridized carbons (Fsp3) is 0.643. The molecule has 0 aromatic rings. The summed E-state index contributed by atoms with van der Waals surface area (Å²) in [6.07, 6.45) is 4.71. The van der Waals surface area contributed by atoms with Gasteiger partial charge in [-0.1, -0.05) is 18.2 Å². The molecule has 0 aromatic carbocycles. The van der Waals surface area contributed by atoms with Gasteiger partial charge in [0.25, 0.3) is 0 Å². The number of hydrogen-bond acceptors (Lipinski definition) is 2. The summed E-state index contributed by atoms with van der Waals surface area (Å²) in [7, 11) is 0. The highest BCUT2D eigenvalue weighted by molar-refractivity contribution is 5.66. The maximum Gasteiger partial charge on any atom is 0.303 e. The first-order valence-corrected chi connectivity index (χ1v) is 6.12. The van der Waals surface area contributed by atoms with E-state index in [4.69, 9.17) is 4.74 Å². The molecule has 2 saturated carbocycles. The van der Waals surface area contributed by atoms with E-state index in [1.807, 2.05) is 0 Å². The maximum atomic E-state index is 11.1. The Morgan fingerprint density at radius 1 is 1.50 bits per heavy atom. The molecule has 3 aliphatic carbocycles. The van der Waals surface area contributed by atoms with Gasteiger partial charge in [-0.15, -0.1) is 0 Å². The summed E-state index contributed by atoms with van der Waals surface area (Å²) < 4.78 is 5.44. The average molecular weight is 218 g/mol. The molecule has 0 heterocycles. The summed E-state index contributed by atoms with van der Waals surface area (Å²) in [5, 5.41) is 0. The number of hydrogen-bond donors (Lipinski definition) is 0.